The van der Waals surface area contributed by atoms with Gasteiger partial charge >= 0.3 is 0 Å². The van der Waals surface area contributed by atoms with Crippen molar-refractivity contribution in [2.45, 2.75) is 31.7 Å². The molecule has 0 unspecified atom stereocenters. The Kier molecular flexibility index (Phi) is 4.55. The van der Waals surface area contributed by atoms with Crippen LogP contribution in [0.5, 0.6) is 0 Å². The number of aryl methyl sites for hydroxylation is 1. The van der Waals surface area contributed by atoms with Crippen molar-refractivity contribution < 1.29 is 18.1 Å². The summed E-state index contributed by atoms with van der Waals surface area (Å²) in [6, 6.07) is 10.8. The molecule has 3 aromatic heterocycles. The Morgan fingerprint density at radius 2 is 2.12 bits per heavy atom. The van der Waals surface area contributed by atoms with Crippen molar-refractivity contribution in [2.24, 2.45) is 0 Å². The van der Waals surface area contributed by atoms with Crippen LogP contribution in [-0.2, 0) is 5.54 Å². The lowest BCUT2D eigenvalue weighted by Crippen LogP contribution is -2.33. The van der Waals surface area contributed by atoms with E-state index in [1.807, 2.05) is 31.2 Å². The van der Waals surface area contributed by atoms with E-state index in [2.05, 4.69) is 25.8 Å². The molecule has 0 saturated carbocycles. The number of rotatable bonds is 4. The van der Waals surface area contributed by atoms with Gasteiger partial charge in [0, 0.05) is 23.9 Å². The maximum Gasteiger partial charge on any atom is 0.274 e. The van der Waals surface area contributed by atoms with Crippen LogP contribution in [0.1, 0.15) is 35.3 Å². The highest BCUT2D eigenvalue weighted by atomic mass is 19.3. The van der Waals surface area contributed by atoms with Gasteiger partial charge in [0.25, 0.3) is 11.8 Å². The fraction of sp³-hybridized carbons (Fsp3) is 0.273. The van der Waals surface area contributed by atoms with Crippen LogP contribution in [0.15, 0.2) is 53.3 Å². The van der Waals surface area contributed by atoms with Crippen molar-refractivity contribution in [1.29, 1.82) is 0 Å². The van der Waals surface area contributed by atoms with Crippen LogP contribution in [0, 0.1) is 6.92 Å². The quantitative estimate of drug-likeness (QED) is 0.503. The molecule has 0 aliphatic carbocycles. The van der Waals surface area contributed by atoms with E-state index in [-0.39, 0.29) is 17.6 Å². The first-order valence-corrected chi connectivity index (χ1v) is 10.1. The largest absolute Gasteiger partial charge is 0.337 e. The number of pyridine rings is 1. The molecule has 1 amide bonds. The van der Waals surface area contributed by atoms with Gasteiger partial charge in [-0.2, -0.15) is 4.98 Å². The fourth-order valence-corrected chi connectivity index (χ4v) is 3.87. The summed E-state index contributed by atoms with van der Waals surface area (Å²) in [4.78, 5) is 21.4. The standard InChI is InChI=1S/C22H20F2N6O2/c1-13-6-7-14(18-28-20(32-29-18)21(2)11-22(23,24)12-26-21)9-15(13)27-19(31)16-10-25-17-5-3-4-8-30(16)17/h3-10,26H,11-12H2,1-2H3,(H,27,31)/t21-/m1/s1. The monoisotopic (exact) mass is 438 g/mol. The first kappa shape index (κ1) is 20.3. The lowest BCUT2D eigenvalue weighted by Gasteiger charge is -2.18. The number of carbonyl (C=O) groups excluding carboxylic acids is 1. The SMILES string of the molecule is Cc1ccc(-c2noc([C@@]3(C)CC(F)(F)CN3)n2)cc1NC(=O)c1cnc2ccccn12. The number of hydrogen-bond acceptors (Lipinski definition) is 6. The number of carbonyl (C=O) groups is 1. The van der Waals surface area contributed by atoms with Crippen LogP contribution in [0.3, 0.4) is 0 Å². The van der Waals surface area contributed by atoms with Crippen molar-refractivity contribution in [1.82, 2.24) is 24.8 Å². The summed E-state index contributed by atoms with van der Waals surface area (Å²) in [5, 5.41) is 9.63. The zero-order valence-corrected chi connectivity index (χ0v) is 17.4. The number of benzene rings is 1. The van der Waals surface area contributed by atoms with Crippen LogP contribution in [-0.4, -0.2) is 37.9 Å². The predicted molar refractivity (Wildman–Crippen MR) is 113 cm³/mol. The molecule has 164 valence electrons. The number of aromatic nitrogens is 4. The topological polar surface area (TPSA) is 97.4 Å². The number of nitrogens with one attached hydrogen (secondary N) is 2. The van der Waals surface area contributed by atoms with E-state index in [0.717, 1.165) is 5.56 Å². The number of alkyl halides is 2. The molecule has 0 radical (unpaired) electrons. The lowest BCUT2D eigenvalue weighted by atomic mass is 9.99. The van der Waals surface area contributed by atoms with E-state index in [4.69, 9.17) is 4.52 Å². The number of nitrogens with zero attached hydrogens (tertiary/aromatic N) is 4. The van der Waals surface area contributed by atoms with Crippen molar-refractivity contribution in [3.05, 3.63) is 65.9 Å². The molecule has 32 heavy (non-hydrogen) atoms. The van der Waals surface area contributed by atoms with Crippen molar-refractivity contribution >= 4 is 17.2 Å². The molecule has 8 nitrogen and oxygen atoms in total. The number of fused-ring (bicyclic) bond motifs is 1. The molecule has 1 aliphatic heterocycles. The summed E-state index contributed by atoms with van der Waals surface area (Å²) in [7, 11) is 0. The molecular weight excluding hydrogens is 418 g/mol. The molecule has 1 atom stereocenters. The predicted octanol–water partition coefficient (Wildman–Crippen LogP) is 3.79. The van der Waals surface area contributed by atoms with Gasteiger partial charge in [-0.3, -0.25) is 14.5 Å². The molecule has 4 heterocycles. The summed E-state index contributed by atoms with van der Waals surface area (Å²) in [5.41, 5.74) is 1.97. The second kappa shape index (κ2) is 7.20. The third-order valence-electron chi connectivity index (χ3n) is 5.64. The van der Waals surface area contributed by atoms with Gasteiger partial charge in [-0.1, -0.05) is 23.4 Å². The zero-order valence-electron chi connectivity index (χ0n) is 17.4. The van der Waals surface area contributed by atoms with Gasteiger partial charge in [0.1, 0.15) is 16.9 Å². The van der Waals surface area contributed by atoms with Crippen LogP contribution >= 0.6 is 0 Å². The van der Waals surface area contributed by atoms with E-state index in [1.165, 1.54) is 6.20 Å². The summed E-state index contributed by atoms with van der Waals surface area (Å²) >= 11 is 0. The Bertz CT molecular complexity index is 1330. The minimum absolute atomic E-state index is 0.0987. The Morgan fingerprint density at radius 1 is 1.28 bits per heavy atom. The Morgan fingerprint density at radius 3 is 2.91 bits per heavy atom. The minimum atomic E-state index is -2.83. The summed E-state index contributed by atoms with van der Waals surface area (Å²) in [6.07, 6.45) is 2.86. The maximum absolute atomic E-state index is 13.7. The molecule has 4 aromatic rings. The van der Waals surface area contributed by atoms with Crippen molar-refractivity contribution in [3.8, 4) is 11.4 Å². The third-order valence-corrected chi connectivity index (χ3v) is 5.64. The highest BCUT2D eigenvalue weighted by molar-refractivity contribution is 6.04. The second-order valence-corrected chi connectivity index (χ2v) is 8.20. The average molecular weight is 438 g/mol. The summed E-state index contributed by atoms with van der Waals surface area (Å²) in [6.45, 7) is 3.04. The maximum atomic E-state index is 13.7. The number of hydrogen-bond donors (Lipinski definition) is 2. The van der Waals surface area contributed by atoms with Gasteiger partial charge in [0.05, 0.1) is 12.7 Å². The minimum Gasteiger partial charge on any atom is -0.337 e. The van der Waals surface area contributed by atoms with Crippen LogP contribution in [0.4, 0.5) is 14.5 Å². The molecule has 0 bridgehead atoms. The Hall–Kier alpha value is -3.66. The van der Waals surface area contributed by atoms with Crippen LogP contribution in [0.25, 0.3) is 17.0 Å². The normalized spacial score (nSPS) is 20.0. The smallest absolute Gasteiger partial charge is 0.274 e. The van der Waals surface area contributed by atoms with Gasteiger partial charge in [-0.15, -0.1) is 0 Å². The second-order valence-electron chi connectivity index (χ2n) is 8.20. The van der Waals surface area contributed by atoms with Crippen molar-refractivity contribution in [3.63, 3.8) is 0 Å². The van der Waals surface area contributed by atoms with Crippen molar-refractivity contribution in [2.75, 3.05) is 11.9 Å². The lowest BCUT2D eigenvalue weighted by molar-refractivity contribution is 0.0145. The van der Waals surface area contributed by atoms with E-state index >= 15 is 0 Å². The van der Waals surface area contributed by atoms with E-state index in [0.29, 0.717) is 22.6 Å². The highest BCUT2D eigenvalue weighted by Gasteiger charge is 2.50. The van der Waals surface area contributed by atoms with Gasteiger partial charge < -0.3 is 9.84 Å². The molecule has 2 N–H and O–H groups in total. The number of halogens is 2. The molecule has 0 spiro atoms. The van der Waals surface area contributed by atoms with Gasteiger partial charge in [-0.05, 0) is 37.6 Å². The molecule has 1 aliphatic rings. The first-order chi connectivity index (χ1) is 15.2. The third kappa shape index (κ3) is 3.52. The van der Waals surface area contributed by atoms with E-state index < -0.39 is 24.4 Å². The molecule has 10 heteroatoms. The molecule has 5 rings (SSSR count). The fourth-order valence-electron chi connectivity index (χ4n) is 3.87. The van der Waals surface area contributed by atoms with Crippen LogP contribution < -0.4 is 10.6 Å². The molecular formula is C22H20F2N6O2. The number of amides is 1. The van der Waals surface area contributed by atoms with E-state index in [9.17, 15) is 13.6 Å². The number of imidazole rings is 1. The van der Waals surface area contributed by atoms with Gasteiger partial charge in [-0.25, -0.2) is 13.8 Å². The Labute approximate surface area is 181 Å². The Balaban J connectivity index is 1.41. The zero-order chi connectivity index (χ0) is 22.5. The van der Waals surface area contributed by atoms with Gasteiger partial charge in [0.2, 0.25) is 11.7 Å². The molecule has 1 saturated heterocycles. The number of anilines is 1. The van der Waals surface area contributed by atoms with E-state index in [1.54, 1.807) is 29.7 Å². The molecule has 1 aromatic carbocycles. The van der Waals surface area contributed by atoms with Gasteiger partial charge in [0.15, 0.2) is 0 Å². The summed E-state index contributed by atoms with van der Waals surface area (Å²) < 4.78 is 34.4. The first-order valence-electron chi connectivity index (χ1n) is 10.1. The highest BCUT2D eigenvalue weighted by Crippen LogP contribution is 2.38. The molecule has 1 fully saturated rings. The van der Waals surface area contributed by atoms with Crippen LogP contribution in [0.2, 0.25) is 0 Å². The summed E-state index contributed by atoms with van der Waals surface area (Å²) in [5.74, 6) is -2.80. The average Bonchev–Trinajstić information content (AvgIpc) is 3.47.